The van der Waals surface area contributed by atoms with E-state index in [2.05, 4.69) is 4.72 Å². The third-order valence-corrected chi connectivity index (χ3v) is 4.92. The van der Waals surface area contributed by atoms with Crippen molar-refractivity contribution in [2.24, 2.45) is 5.41 Å². The third kappa shape index (κ3) is 7.44. The Kier molecular flexibility index (Phi) is 5.70. The second-order valence-corrected chi connectivity index (χ2v) is 8.71. The highest BCUT2D eigenvalue weighted by atomic mass is 32.2. The maximum atomic E-state index is 11.8. The van der Waals surface area contributed by atoms with Crippen LogP contribution in [0, 0.1) is 5.41 Å². The van der Waals surface area contributed by atoms with Gasteiger partial charge in [0.1, 0.15) is 0 Å². The molecule has 108 valence electrons. The Morgan fingerprint density at radius 1 is 1.21 bits per heavy atom. The molecule has 0 saturated heterocycles. The first kappa shape index (κ1) is 16.3. The first-order valence-electron chi connectivity index (χ1n) is 6.14. The van der Waals surface area contributed by atoms with E-state index in [9.17, 15) is 8.42 Å². The van der Waals surface area contributed by atoms with Gasteiger partial charge in [0.15, 0.2) is 0 Å². The number of rotatable bonds is 6. The summed E-state index contributed by atoms with van der Waals surface area (Å²) in [5.41, 5.74) is 6.26. The van der Waals surface area contributed by atoms with Gasteiger partial charge in [-0.1, -0.05) is 20.8 Å². The number of thioether (sulfide) groups is 1. The molecule has 3 N–H and O–H groups in total. The molecular formula is C13H22N2O2S2. The maximum absolute atomic E-state index is 11.8. The molecule has 0 spiro atoms. The maximum Gasteiger partial charge on any atom is 0.212 e. The highest BCUT2D eigenvalue weighted by Gasteiger charge is 2.16. The molecule has 0 heterocycles. The van der Waals surface area contributed by atoms with Crippen molar-refractivity contribution in [2.75, 3.05) is 23.8 Å². The number of benzene rings is 1. The largest absolute Gasteiger partial charge is 0.399 e. The van der Waals surface area contributed by atoms with Gasteiger partial charge in [-0.25, -0.2) is 13.1 Å². The molecule has 0 fully saturated rings. The topological polar surface area (TPSA) is 72.2 Å². The van der Waals surface area contributed by atoms with Crippen LogP contribution in [-0.2, 0) is 10.0 Å². The van der Waals surface area contributed by atoms with Crippen LogP contribution >= 0.6 is 11.8 Å². The molecule has 0 aliphatic heterocycles. The molecule has 1 aromatic rings. The Balaban J connectivity index is 2.37. The Labute approximate surface area is 120 Å². The first-order valence-corrected chi connectivity index (χ1v) is 8.77. The van der Waals surface area contributed by atoms with E-state index in [0.717, 1.165) is 4.90 Å². The fourth-order valence-electron chi connectivity index (χ4n) is 1.23. The van der Waals surface area contributed by atoms with E-state index < -0.39 is 10.0 Å². The van der Waals surface area contributed by atoms with E-state index >= 15 is 0 Å². The number of hydrogen-bond donors (Lipinski definition) is 2. The second-order valence-electron chi connectivity index (χ2n) is 5.62. The number of nitrogen functional groups attached to an aromatic ring is 1. The number of nitrogens with one attached hydrogen (secondary N) is 1. The summed E-state index contributed by atoms with van der Waals surface area (Å²) < 4.78 is 26.2. The van der Waals surface area contributed by atoms with Crippen molar-refractivity contribution in [1.29, 1.82) is 0 Å². The monoisotopic (exact) mass is 302 g/mol. The zero-order chi connectivity index (χ0) is 14.5. The summed E-state index contributed by atoms with van der Waals surface area (Å²) in [6.45, 7) is 6.46. The van der Waals surface area contributed by atoms with Gasteiger partial charge in [0.05, 0.1) is 5.75 Å². The predicted octanol–water partition coefficient (Wildman–Crippen LogP) is 2.33. The first-order chi connectivity index (χ1) is 8.68. The summed E-state index contributed by atoms with van der Waals surface area (Å²) in [6, 6.07) is 7.42. The Hall–Kier alpha value is -0.720. The van der Waals surface area contributed by atoms with Gasteiger partial charge in [0.25, 0.3) is 0 Å². The van der Waals surface area contributed by atoms with Crippen LogP contribution in [0.1, 0.15) is 20.8 Å². The van der Waals surface area contributed by atoms with Crippen LogP contribution in [0.5, 0.6) is 0 Å². The summed E-state index contributed by atoms with van der Waals surface area (Å²) in [4.78, 5) is 1.03. The lowest BCUT2D eigenvalue weighted by atomic mass is 9.98. The lowest BCUT2D eigenvalue weighted by Gasteiger charge is -2.18. The standard InChI is InChI=1S/C13H22N2O2S2/c1-13(2,3)10-15-19(16,17)9-8-18-12-6-4-11(14)5-7-12/h4-7,15H,8-10,14H2,1-3H3. The summed E-state index contributed by atoms with van der Waals surface area (Å²) in [7, 11) is -3.19. The zero-order valence-electron chi connectivity index (χ0n) is 11.6. The van der Waals surface area contributed by atoms with Crippen LogP contribution in [0.25, 0.3) is 0 Å². The lowest BCUT2D eigenvalue weighted by molar-refractivity contribution is 0.408. The summed E-state index contributed by atoms with van der Waals surface area (Å²) in [5.74, 6) is 0.654. The Morgan fingerprint density at radius 2 is 1.79 bits per heavy atom. The van der Waals surface area contributed by atoms with Gasteiger partial charge in [-0.15, -0.1) is 11.8 Å². The van der Waals surface area contributed by atoms with Crippen LogP contribution in [0.3, 0.4) is 0 Å². The van der Waals surface area contributed by atoms with Crippen LogP contribution in [0.4, 0.5) is 5.69 Å². The lowest BCUT2D eigenvalue weighted by Crippen LogP contribution is -2.34. The molecule has 0 radical (unpaired) electrons. The van der Waals surface area contributed by atoms with Gasteiger partial charge in [0.2, 0.25) is 10.0 Å². The summed E-state index contributed by atoms with van der Waals surface area (Å²) in [6.07, 6.45) is 0. The van der Waals surface area contributed by atoms with Crippen LogP contribution in [-0.4, -0.2) is 26.5 Å². The molecule has 0 amide bonds. The molecule has 0 unspecified atom stereocenters. The van der Waals surface area contributed by atoms with Crippen molar-refractivity contribution >= 4 is 27.5 Å². The molecule has 19 heavy (non-hydrogen) atoms. The minimum atomic E-state index is -3.19. The fourth-order valence-corrected chi connectivity index (χ4v) is 3.80. The quantitative estimate of drug-likeness (QED) is 0.625. The van der Waals surface area contributed by atoms with E-state index in [1.165, 1.54) is 11.8 Å². The smallest absolute Gasteiger partial charge is 0.212 e. The van der Waals surface area contributed by atoms with Crippen molar-refractivity contribution in [3.05, 3.63) is 24.3 Å². The van der Waals surface area contributed by atoms with Crippen LogP contribution < -0.4 is 10.5 Å². The van der Waals surface area contributed by atoms with Crippen LogP contribution in [0.15, 0.2) is 29.2 Å². The molecule has 4 nitrogen and oxygen atoms in total. The highest BCUT2D eigenvalue weighted by Crippen LogP contribution is 2.19. The highest BCUT2D eigenvalue weighted by molar-refractivity contribution is 8.00. The average molecular weight is 302 g/mol. The van der Waals surface area contributed by atoms with E-state index in [-0.39, 0.29) is 11.2 Å². The van der Waals surface area contributed by atoms with Crippen molar-refractivity contribution < 1.29 is 8.42 Å². The van der Waals surface area contributed by atoms with Crippen LogP contribution in [0.2, 0.25) is 0 Å². The molecule has 0 aliphatic carbocycles. The minimum Gasteiger partial charge on any atom is -0.399 e. The van der Waals surface area contributed by atoms with E-state index in [0.29, 0.717) is 18.0 Å². The number of nitrogens with two attached hydrogens (primary N) is 1. The molecular weight excluding hydrogens is 280 g/mol. The van der Waals surface area contributed by atoms with Crippen molar-refractivity contribution in [3.63, 3.8) is 0 Å². The molecule has 0 aromatic heterocycles. The molecule has 1 aromatic carbocycles. The molecule has 6 heteroatoms. The molecule has 0 saturated carbocycles. The summed E-state index contributed by atoms with van der Waals surface area (Å²) >= 11 is 1.51. The van der Waals surface area contributed by atoms with E-state index in [1.807, 2.05) is 45.0 Å². The molecule has 1 rings (SSSR count). The average Bonchev–Trinajstić information content (AvgIpc) is 2.29. The second kappa shape index (κ2) is 6.63. The normalized spacial score (nSPS) is 12.6. The van der Waals surface area contributed by atoms with E-state index in [4.69, 9.17) is 5.73 Å². The van der Waals surface area contributed by atoms with Crippen molar-refractivity contribution in [2.45, 2.75) is 25.7 Å². The molecule has 0 atom stereocenters. The Bertz CT molecular complexity index is 490. The van der Waals surface area contributed by atoms with Crippen molar-refractivity contribution in [1.82, 2.24) is 4.72 Å². The zero-order valence-corrected chi connectivity index (χ0v) is 13.3. The minimum absolute atomic E-state index is 0.0445. The Morgan fingerprint density at radius 3 is 2.32 bits per heavy atom. The SMILES string of the molecule is CC(C)(C)CNS(=O)(=O)CCSc1ccc(N)cc1. The predicted molar refractivity (Wildman–Crippen MR) is 82.8 cm³/mol. The van der Waals surface area contributed by atoms with Gasteiger partial charge >= 0.3 is 0 Å². The molecule has 0 aliphatic rings. The van der Waals surface area contributed by atoms with Crippen molar-refractivity contribution in [3.8, 4) is 0 Å². The van der Waals surface area contributed by atoms with Gasteiger partial charge in [0, 0.05) is 22.9 Å². The fraction of sp³-hybridized carbons (Fsp3) is 0.538. The molecule has 0 bridgehead atoms. The number of sulfonamides is 1. The van der Waals surface area contributed by atoms with Gasteiger partial charge in [-0.05, 0) is 29.7 Å². The summed E-state index contributed by atoms with van der Waals surface area (Å²) in [5, 5.41) is 0. The number of hydrogen-bond acceptors (Lipinski definition) is 4. The van der Waals surface area contributed by atoms with Gasteiger partial charge in [-0.3, -0.25) is 0 Å². The third-order valence-electron chi connectivity index (χ3n) is 2.32. The van der Waals surface area contributed by atoms with Gasteiger partial charge < -0.3 is 5.73 Å². The van der Waals surface area contributed by atoms with E-state index in [1.54, 1.807) is 0 Å². The number of anilines is 1. The van der Waals surface area contributed by atoms with Gasteiger partial charge in [-0.2, -0.15) is 0 Å².